The molecule has 5 nitrogen and oxygen atoms in total. The van der Waals surface area contributed by atoms with Crippen molar-refractivity contribution < 1.29 is 32.9 Å². The number of hydrogen-bond acceptors (Lipinski definition) is 6. The Morgan fingerprint density at radius 1 is 0.809 bits per heavy atom. The van der Waals surface area contributed by atoms with Gasteiger partial charge in [-0.25, -0.2) is 4.79 Å². The van der Waals surface area contributed by atoms with Gasteiger partial charge < -0.3 is 9.99 Å². The highest BCUT2D eigenvalue weighted by Gasteiger charge is 2.59. The van der Waals surface area contributed by atoms with Crippen molar-refractivity contribution in [1.82, 2.24) is 0 Å². The maximum Gasteiger partial charge on any atom is 0.415 e. The zero-order valence-corrected chi connectivity index (χ0v) is 27.8. The quantitative estimate of drug-likeness (QED) is 0.0551. The molecule has 4 bridgehead atoms. The van der Waals surface area contributed by atoms with Gasteiger partial charge in [0.1, 0.15) is 12.0 Å². The minimum Gasteiger partial charge on any atom is -0.691 e. The topological polar surface area (TPSA) is 67.8 Å². The van der Waals surface area contributed by atoms with Crippen LogP contribution in [0.1, 0.15) is 49.7 Å². The van der Waals surface area contributed by atoms with Crippen molar-refractivity contribution in [2.75, 3.05) is 6.61 Å². The molecule has 8 rings (SSSR count). The summed E-state index contributed by atoms with van der Waals surface area (Å²) in [6, 6.07) is 40.8. The molecule has 0 radical (unpaired) electrons. The molecule has 2 unspecified atom stereocenters. The number of ether oxygens (including phenoxy) is 1. The molecule has 0 aromatic heterocycles. The predicted molar refractivity (Wildman–Crippen MR) is 177 cm³/mol. The van der Waals surface area contributed by atoms with Gasteiger partial charge in [-0.2, -0.15) is 13.1 Å². The summed E-state index contributed by atoms with van der Waals surface area (Å²) in [7, 11) is -0.0146. The molecule has 0 N–H and O–H groups in total. The number of alkyl halides is 2. The number of rotatable bonds is 10. The second-order valence-corrected chi connectivity index (χ2v) is 16.0. The number of aryl methyl sites for hydroxylation is 1. The Bertz CT molecular complexity index is 1500. The third-order valence-corrected chi connectivity index (χ3v) is 12.4. The van der Waals surface area contributed by atoms with Crippen LogP contribution in [0.4, 0.5) is 8.78 Å². The highest BCUT2D eigenvalue weighted by atomic mass is 32.2. The summed E-state index contributed by atoms with van der Waals surface area (Å²) in [4.78, 5) is 15.9. The number of carbonyl (C=O) groups is 1. The summed E-state index contributed by atoms with van der Waals surface area (Å²) >= 11 is -0.641. The maximum absolute atomic E-state index is 13.7. The normalized spacial score (nSPS) is 24.4. The van der Waals surface area contributed by atoms with Crippen LogP contribution in [0.5, 0.6) is 0 Å². The Balaban J connectivity index is 0.000000177. The first-order valence-corrected chi connectivity index (χ1v) is 17.8. The lowest BCUT2D eigenvalue weighted by Crippen LogP contribution is -2.55. The van der Waals surface area contributed by atoms with Gasteiger partial charge in [-0.1, -0.05) is 84.4 Å². The Hall–Kier alpha value is -3.21. The van der Waals surface area contributed by atoms with E-state index in [1.54, 1.807) is 0 Å². The number of esters is 1. The standard InChI is InChI=1S/C20H24F2O5S.C18H15S/c1-13-2-4-16(5-3-13)19-9-14-6-15(10-19)8-18(7-14,11-19)12-25-17(23)20(21,22)28-27-26-24;1-4-10-16(11-5-1)19(17-12-6-2-7-13-17)18-14-8-3-9-15-18/h2-5,14-15,24H,6-12H2,1H3;1-15H/q;+1/p-1. The average molecular weight is 677 g/mol. The molecule has 246 valence electrons. The third-order valence-electron chi connectivity index (χ3n) is 9.70. The number of halogens is 2. The van der Waals surface area contributed by atoms with Crippen LogP contribution >= 0.6 is 12.0 Å². The Kier molecular flexibility index (Phi) is 10.4. The van der Waals surface area contributed by atoms with Crippen LogP contribution in [0, 0.1) is 24.2 Å². The largest absolute Gasteiger partial charge is 0.691 e. The average Bonchev–Trinajstić information content (AvgIpc) is 3.08. The van der Waals surface area contributed by atoms with Gasteiger partial charge in [0.05, 0.1) is 17.5 Å². The molecule has 2 atom stereocenters. The van der Waals surface area contributed by atoms with Crippen molar-refractivity contribution in [3.05, 3.63) is 126 Å². The molecule has 4 aliphatic rings. The highest BCUT2D eigenvalue weighted by Crippen LogP contribution is 2.65. The molecule has 4 aliphatic carbocycles. The van der Waals surface area contributed by atoms with Crippen molar-refractivity contribution in [2.45, 2.75) is 70.8 Å². The van der Waals surface area contributed by atoms with E-state index in [1.807, 2.05) is 0 Å². The smallest absolute Gasteiger partial charge is 0.415 e. The van der Waals surface area contributed by atoms with E-state index in [-0.39, 0.29) is 28.3 Å². The van der Waals surface area contributed by atoms with Gasteiger partial charge in [0.2, 0.25) is 0 Å². The van der Waals surface area contributed by atoms with Gasteiger partial charge >= 0.3 is 11.2 Å². The third kappa shape index (κ3) is 7.76. The Labute approximate surface area is 282 Å². The minimum absolute atomic E-state index is 0.0146. The van der Waals surface area contributed by atoms with Crippen LogP contribution < -0.4 is 5.26 Å². The summed E-state index contributed by atoms with van der Waals surface area (Å²) in [5, 5.41) is 8.67. The van der Waals surface area contributed by atoms with Gasteiger partial charge in [-0.05, 0) is 105 Å². The summed E-state index contributed by atoms with van der Waals surface area (Å²) in [5.74, 6) is -0.628. The van der Waals surface area contributed by atoms with Crippen molar-refractivity contribution in [3.8, 4) is 0 Å². The van der Waals surface area contributed by atoms with E-state index in [4.69, 9.17) is 4.74 Å². The fourth-order valence-corrected chi connectivity index (χ4v) is 10.7. The zero-order valence-electron chi connectivity index (χ0n) is 26.2. The molecule has 4 fully saturated rings. The van der Waals surface area contributed by atoms with Gasteiger partial charge in [-0.15, -0.1) is 0 Å². The lowest BCUT2D eigenvalue weighted by Gasteiger charge is -2.62. The molecular weight excluding hydrogens is 639 g/mol. The molecule has 0 spiro atoms. The monoisotopic (exact) mass is 676 g/mol. The van der Waals surface area contributed by atoms with Crippen molar-refractivity contribution in [2.24, 2.45) is 17.3 Å². The minimum atomic E-state index is -3.98. The van der Waals surface area contributed by atoms with Crippen LogP contribution in [0.15, 0.2) is 130 Å². The predicted octanol–water partition coefficient (Wildman–Crippen LogP) is 8.62. The molecule has 0 saturated heterocycles. The van der Waals surface area contributed by atoms with E-state index >= 15 is 0 Å². The molecule has 4 aromatic carbocycles. The lowest BCUT2D eigenvalue weighted by atomic mass is 9.43. The molecule has 0 aliphatic heterocycles. The van der Waals surface area contributed by atoms with Crippen LogP contribution in [-0.4, -0.2) is 17.8 Å². The van der Waals surface area contributed by atoms with Crippen LogP contribution in [0.2, 0.25) is 0 Å². The molecule has 0 amide bonds. The maximum atomic E-state index is 13.7. The molecule has 9 heteroatoms. The van der Waals surface area contributed by atoms with E-state index in [0.29, 0.717) is 11.8 Å². The van der Waals surface area contributed by atoms with Crippen molar-refractivity contribution >= 4 is 28.9 Å². The van der Waals surface area contributed by atoms with E-state index < -0.39 is 23.3 Å². The van der Waals surface area contributed by atoms with Crippen LogP contribution in [0.3, 0.4) is 0 Å². The summed E-state index contributed by atoms with van der Waals surface area (Å²) in [5.41, 5.74) is 2.30. The second-order valence-electron chi connectivity index (χ2n) is 13.2. The highest BCUT2D eigenvalue weighted by molar-refractivity contribution is 7.97. The first-order chi connectivity index (χ1) is 22.7. The number of benzene rings is 4. The zero-order chi connectivity index (χ0) is 32.9. The van der Waals surface area contributed by atoms with E-state index in [0.717, 1.165) is 32.1 Å². The van der Waals surface area contributed by atoms with Crippen LogP contribution in [-0.2, 0) is 35.2 Å². The second kappa shape index (κ2) is 14.5. The van der Waals surface area contributed by atoms with Crippen molar-refractivity contribution in [3.63, 3.8) is 0 Å². The Morgan fingerprint density at radius 2 is 1.30 bits per heavy atom. The lowest BCUT2D eigenvalue weighted by molar-refractivity contribution is -0.777. The first kappa shape index (κ1) is 33.7. The fraction of sp³-hybridized carbons (Fsp3) is 0.342. The SMILES string of the molecule is Cc1ccc(C23CC4CC(CC(COC(=O)C(F)(F)SOO[O-])(C4)C2)C3)cc1.c1ccc([S+](c2ccccc2)c2ccccc2)cc1. The molecule has 4 aromatic rings. The van der Waals surface area contributed by atoms with E-state index in [1.165, 1.54) is 32.2 Å². The van der Waals surface area contributed by atoms with Gasteiger partial charge in [0.15, 0.2) is 14.7 Å². The van der Waals surface area contributed by atoms with Gasteiger partial charge in [0.25, 0.3) is 0 Å². The molecule has 4 saturated carbocycles. The molecule has 47 heavy (non-hydrogen) atoms. The van der Waals surface area contributed by atoms with E-state index in [9.17, 15) is 18.8 Å². The van der Waals surface area contributed by atoms with Gasteiger partial charge in [0, 0.05) is 5.41 Å². The molecular formula is C38H38F2O5S2. The summed E-state index contributed by atoms with van der Waals surface area (Å²) in [6.07, 6.45) is 6.06. The Morgan fingerprint density at radius 3 is 1.77 bits per heavy atom. The number of carbonyl (C=O) groups excluding carboxylic acids is 1. The van der Waals surface area contributed by atoms with Gasteiger partial charge in [-0.3, -0.25) is 5.04 Å². The number of hydrogen-bond donors (Lipinski definition) is 0. The van der Waals surface area contributed by atoms with Crippen molar-refractivity contribution in [1.29, 1.82) is 0 Å². The van der Waals surface area contributed by atoms with Crippen LogP contribution in [0.25, 0.3) is 0 Å². The summed E-state index contributed by atoms with van der Waals surface area (Å²) < 4.78 is 36.0. The van der Waals surface area contributed by atoms with E-state index in [2.05, 4.69) is 132 Å². The summed E-state index contributed by atoms with van der Waals surface area (Å²) in [6.45, 7) is 2.03. The molecule has 0 heterocycles. The first-order valence-electron chi connectivity index (χ1n) is 15.9. The fourth-order valence-electron chi connectivity index (χ4n) is 8.34.